The Bertz CT molecular complexity index is 670. The van der Waals surface area contributed by atoms with Crippen molar-refractivity contribution in [1.82, 2.24) is 15.0 Å². The van der Waals surface area contributed by atoms with Crippen LogP contribution in [0.3, 0.4) is 0 Å². The van der Waals surface area contributed by atoms with Crippen LogP contribution in [0.2, 0.25) is 0 Å². The third-order valence-corrected chi connectivity index (χ3v) is 3.54. The van der Waals surface area contributed by atoms with E-state index in [-0.39, 0.29) is 17.2 Å². The van der Waals surface area contributed by atoms with Crippen LogP contribution in [-0.4, -0.2) is 26.5 Å². The number of rotatable bonds is 4. The molecule has 1 aromatic heterocycles. The molecule has 2 aromatic rings. The van der Waals surface area contributed by atoms with Gasteiger partial charge in [-0.1, -0.05) is 11.2 Å². The lowest BCUT2D eigenvalue weighted by Gasteiger charge is -2.27. The molecular formula is C13H15N5O3. The summed E-state index contributed by atoms with van der Waals surface area (Å²) in [5.41, 5.74) is 7.70. The highest BCUT2D eigenvalue weighted by Gasteiger charge is 2.20. The van der Waals surface area contributed by atoms with Crippen molar-refractivity contribution in [2.75, 3.05) is 6.54 Å². The molecule has 0 unspecified atom stereocenters. The lowest BCUT2D eigenvalue weighted by atomic mass is 9.99. The molecule has 1 aliphatic heterocycles. The van der Waals surface area contributed by atoms with Crippen LogP contribution >= 0.6 is 0 Å². The van der Waals surface area contributed by atoms with Crippen molar-refractivity contribution in [3.63, 3.8) is 0 Å². The van der Waals surface area contributed by atoms with Crippen LogP contribution in [0.15, 0.2) is 22.7 Å². The molecule has 1 aliphatic rings. The van der Waals surface area contributed by atoms with Crippen LogP contribution in [0.25, 0.3) is 0 Å². The van der Waals surface area contributed by atoms with Gasteiger partial charge in [-0.25, -0.2) is 0 Å². The molecule has 1 aromatic carbocycles. The average Bonchev–Trinajstić information content (AvgIpc) is 2.94. The monoisotopic (exact) mass is 289 g/mol. The van der Waals surface area contributed by atoms with Crippen molar-refractivity contribution >= 4 is 5.69 Å². The zero-order valence-corrected chi connectivity index (χ0v) is 11.4. The molecule has 0 atom stereocenters. The van der Waals surface area contributed by atoms with Gasteiger partial charge in [0.1, 0.15) is 0 Å². The Morgan fingerprint density at radius 3 is 3.00 bits per heavy atom. The van der Waals surface area contributed by atoms with Crippen molar-refractivity contribution in [1.29, 1.82) is 0 Å². The molecule has 0 bridgehead atoms. The zero-order chi connectivity index (χ0) is 14.8. The number of nitro groups is 1. The minimum atomic E-state index is -0.369. The fourth-order valence-corrected chi connectivity index (χ4v) is 2.49. The third kappa shape index (κ3) is 2.91. The number of hydrogen-bond acceptors (Lipinski definition) is 7. The van der Waals surface area contributed by atoms with Crippen LogP contribution in [0.5, 0.6) is 0 Å². The summed E-state index contributed by atoms with van der Waals surface area (Å²) < 4.78 is 4.97. The molecule has 110 valence electrons. The predicted molar refractivity (Wildman–Crippen MR) is 73.1 cm³/mol. The maximum Gasteiger partial charge on any atom is 0.269 e. The molecule has 0 radical (unpaired) electrons. The third-order valence-electron chi connectivity index (χ3n) is 3.54. The van der Waals surface area contributed by atoms with Gasteiger partial charge in [-0.3, -0.25) is 15.0 Å². The van der Waals surface area contributed by atoms with E-state index in [2.05, 4.69) is 15.0 Å². The Morgan fingerprint density at radius 2 is 2.29 bits per heavy atom. The van der Waals surface area contributed by atoms with E-state index in [0.717, 1.165) is 24.1 Å². The Morgan fingerprint density at radius 1 is 1.43 bits per heavy atom. The molecule has 21 heavy (non-hydrogen) atoms. The van der Waals surface area contributed by atoms with E-state index in [1.54, 1.807) is 12.1 Å². The Labute approximate surface area is 120 Å². The Balaban J connectivity index is 1.73. The SMILES string of the molecule is NCc1nc(CN2CCc3ccc([N+](=O)[O-])cc3C2)no1. The van der Waals surface area contributed by atoms with Crippen LogP contribution < -0.4 is 5.73 Å². The first-order valence-electron chi connectivity index (χ1n) is 6.66. The van der Waals surface area contributed by atoms with E-state index in [4.69, 9.17) is 10.3 Å². The number of aromatic nitrogens is 2. The van der Waals surface area contributed by atoms with Crippen molar-refractivity contribution in [2.45, 2.75) is 26.1 Å². The van der Waals surface area contributed by atoms with Gasteiger partial charge < -0.3 is 10.3 Å². The van der Waals surface area contributed by atoms with Gasteiger partial charge in [0.2, 0.25) is 5.89 Å². The van der Waals surface area contributed by atoms with Crippen LogP contribution in [-0.2, 0) is 26.1 Å². The molecular weight excluding hydrogens is 274 g/mol. The Kier molecular flexibility index (Phi) is 3.63. The van der Waals surface area contributed by atoms with Gasteiger partial charge in [-0.15, -0.1) is 0 Å². The minimum absolute atomic E-state index is 0.126. The van der Waals surface area contributed by atoms with E-state index in [1.165, 1.54) is 0 Å². The highest BCUT2D eigenvalue weighted by Crippen LogP contribution is 2.24. The first-order chi connectivity index (χ1) is 10.2. The summed E-state index contributed by atoms with van der Waals surface area (Å²) in [6.45, 7) is 2.27. The van der Waals surface area contributed by atoms with Gasteiger partial charge in [-0.2, -0.15) is 4.98 Å². The summed E-state index contributed by atoms with van der Waals surface area (Å²) in [7, 11) is 0. The smallest absolute Gasteiger partial charge is 0.269 e. The maximum absolute atomic E-state index is 10.8. The number of benzene rings is 1. The Hall–Kier alpha value is -2.32. The van der Waals surface area contributed by atoms with Crippen molar-refractivity contribution < 1.29 is 9.45 Å². The van der Waals surface area contributed by atoms with Crippen LogP contribution in [0, 0.1) is 10.1 Å². The number of hydrogen-bond donors (Lipinski definition) is 1. The predicted octanol–water partition coefficient (Wildman–Crippen LogP) is 0.995. The highest BCUT2D eigenvalue weighted by molar-refractivity contribution is 5.41. The molecule has 0 amide bonds. The molecule has 8 nitrogen and oxygen atoms in total. The van der Waals surface area contributed by atoms with Gasteiger partial charge in [-0.05, 0) is 17.5 Å². The van der Waals surface area contributed by atoms with Gasteiger partial charge in [0.05, 0.1) is 18.0 Å². The number of non-ortho nitro benzene ring substituents is 1. The number of nitro benzene ring substituents is 1. The molecule has 0 spiro atoms. The van der Waals surface area contributed by atoms with Gasteiger partial charge in [0.15, 0.2) is 5.82 Å². The summed E-state index contributed by atoms with van der Waals surface area (Å²) in [4.78, 5) is 16.8. The topological polar surface area (TPSA) is 111 Å². The second-order valence-corrected chi connectivity index (χ2v) is 4.98. The first kappa shape index (κ1) is 13.7. The summed E-state index contributed by atoms with van der Waals surface area (Å²) in [6.07, 6.45) is 0.856. The normalized spacial score (nSPS) is 14.9. The molecule has 3 rings (SSSR count). The van der Waals surface area contributed by atoms with E-state index < -0.39 is 0 Å². The quantitative estimate of drug-likeness (QED) is 0.660. The second-order valence-electron chi connectivity index (χ2n) is 4.98. The van der Waals surface area contributed by atoms with Gasteiger partial charge in [0, 0.05) is 25.2 Å². The van der Waals surface area contributed by atoms with E-state index in [9.17, 15) is 10.1 Å². The lowest BCUT2D eigenvalue weighted by molar-refractivity contribution is -0.385. The van der Waals surface area contributed by atoms with Gasteiger partial charge in [0.25, 0.3) is 5.69 Å². The van der Waals surface area contributed by atoms with E-state index >= 15 is 0 Å². The fraction of sp³-hybridized carbons (Fsp3) is 0.385. The largest absolute Gasteiger partial charge is 0.338 e. The summed E-state index contributed by atoms with van der Waals surface area (Å²) in [5, 5.41) is 14.7. The van der Waals surface area contributed by atoms with E-state index in [1.807, 2.05) is 6.07 Å². The fourth-order valence-electron chi connectivity index (χ4n) is 2.49. The molecule has 0 saturated heterocycles. The zero-order valence-electron chi connectivity index (χ0n) is 11.4. The maximum atomic E-state index is 10.8. The molecule has 0 fully saturated rings. The standard InChI is InChI=1S/C13H15N5O3/c14-6-13-15-12(16-21-13)8-17-4-3-9-1-2-11(18(19)20)5-10(9)7-17/h1-2,5H,3-4,6-8,14H2. The summed E-state index contributed by atoms with van der Waals surface area (Å²) in [6, 6.07) is 5.04. The molecule has 8 heteroatoms. The number of fused-ring (bicyclic) bond motifs is 1. The molecule has 0 aliphatic carbocycles. The highest BCUT2D eigenvalue weighted by atomic mass is 16.6. The van der Waals surface area contributed by atoms with E-state index in [0.29, 0.717) is 24.8 Å². The van der Waals surface area contributed by atoms with Crippen molar-refractivity contribution in [3.8, 4) is 0 Å². The van der Waals surface area contributed by atoms with Crippen molar-refractivity contribution in [2.24, 2.45) is 5.73 Å². The van der Waals surface area contributed by atoms with Crippen molar-refractivity contribution in [3.05, 3.63) is 51.2 Å². The number of nitrogens with zero attached hydrogens (tertiary/aromatic N) is 4. The summed E-state index contributed by atoms with van der Waals surface area (Å²) in [5.74, 6) is 1.00. The molecule has 2 heterocycles. The minimum Gasteiger partial charge on any atom is -0.338 e. The van der Waals surface area contributed by atoms with Gasteiger partial charge >= 0.3 is 0 Å². The van der Waals surface area contributed by atoms with Crippen LogP contribution in [0.1, 0.15) is 22.8 Å². The second kappa shape index (κ2) is 5.58. The van der Waals surface area contributed by atoms with Crippen LogP contribution in [0.4, 0.5) is 5.69 Å². The molecule has 2 N–H and O–H groups in total. The number of nitrogens with two attached hydrogens (primary N) is 1. The lowest BCUT2D eigenvalue weighted by Crippen LogP contribution is -2.30. The summed E-state index contributed by atoms with van der Waals surface area (Å²) >= 11 is 0. The first-order valence-corrected chi connectivity index (χ1v) is 6.66. The average molecular weight is 289 g/mol. The molecule has 0 saturated carbocycles.